The largest absolute Gasteiger partial charge is 0.480 e. The highest BCUT2D eigenvalue weighted by Gasteiger charge is 2.36. The monoisotopic (exact) mass is 252 g/mol. The number of hydrogen-bond donors (Lipinski definition) is 2. The number of hydrogen-bond acceptors (Lipinski definition) is 3. The van der Waals surface area contributed by atoms with Crippen molar-refractivity contribution in [3.05, 3.63) is 0 Å². The Morgan fingerprint density at radius 2 is 2.06 bits per heavy atom. The summed E-state index contributed by atoms with van der Waals surface area (Å²) in [5, 5.41) is 11.4. The highest BCUT2D eigenvalue weighted by molar-refractivity contribution is 5.82. The molecule has 0 spiro atoms. The van der Waals surface area contributed by atoms with Gasteiger partial charge < -0.3 is 20.1 Å². The molecular formula is C12H16N2O4. The van der Waals surface area contributed by atoms with Crippen LogP contribution < -0.4 is 5.32 Å². The van der Waals surface area contributed by atoms with Crippen LogP contribution in [0.15, 0.2) is 0 Å². The highest BCUT2D eigenvalue weighted by Crippen LogP contribution is 2.26. The number of ether oxygens (including phenoxy) is 1. The molecule has 2 fully saturated rings. The second-order valence-electron chi connectivity index (χ2n) is 4.61. The summed E-state index contributed by atoms with van der Waals surface area (Å²) in [6, 6.07) is -1.40. The van der Waals surface area contributed by atoms with Gasteiger partial charge in [-0.15, -0.1) is 12.3 Å². The number of aliphatic carboxylic acids is 1. The van der Waals surface area contributed by atoms with E-state index in [4.69, 9.17) is 16.3 Å². The summed E-state index contributed by atoms with van der Waals surface area (Å²) in [5.41, 5.74) is 0. The van der Waals surface area contributed by atoms with Crippen LogP contribution in [0, 0.1) is 12.3 Å². The van der Waals surface area contributed by atoms with Crippen LogP contribution in [0.1, 0.15) is 19.3 Å². The average molecular weight is 252 g/mol. The molecule has 0 aromatic rings. The van der Waals surface area contributed by atoms with Gasteiger partial charge in [-0.2, -0.15) is 0 Å². The van der Waals surface area contributed by atoms with Crippen LogP contribution in [0.25, 0.3) is 0 Å². The van der Waals surface area contributed by atoms with E-state index >= 15 is 0 Å². The molecular weight excluding hydrogens is 236 g/mol. The van der Waals surface area contributed by atoms with Gasteiger partial charge in [-0.25, -0.2) is 9.59 Å². The molecule has 2 aliphatic rings. The van der Waals surface area contributed by atoms with Crippen molar-refractivity contribution in [1.29, 1.82) is 0 Å². The zero-order chi connectivity index (χ0) is 13.1. The molecule has 6 heteroatoms. The number of morpholine rings is 1. The second kappa shape index (κ2) is 5.27. The number of nitrogens with zero attached hydrogens (tertiary/aromatic N) is 1. The summed E-state index contributed by atoms with van der Waals surface area (Å²) < 4.78 is 5.61. The molecule has 3 atom stereocenters. The molecule has 18 heavy (non-hydrogen) atoms. The lowest BCUT2D eigenvalue weighted by molar-refractivity contribution is -0.139. The van der Waals surface area contributed by atoms with Crippen molar-refractivity contribution in [3.8, 4) is 12.3 Å². The SMILES string of the molecule is C#CCC(NC(=O)N1CC2CCC(C1)O2)C(=O)O. The van der Waals surface area contributed by atoms with Gasteiger partial charge in [0, 0.05) is 19.5 Å². The fourth-order valence-electron chi connectivity index (χ4n) is 2.34. The molecule has 2 rings (SSSR count). The maximum atomic E-state index is 11.9. The van der Waals surface area contributed by atoms with Crippen molar-refractivity contribution < 1.29 is 19.4 Å². The van der Waals surface area contributed by atoms with Gasteiger partial charge >= 0.3 is 12.0 Å². The predicted molar refractivity (Wildman–Crippen MR) is 62.9 cm³/mol. The quantitative estimate of drug-likeness (QED) is 0.695. The minimum absolute atomic E-state index is 0.0156. The first-order valence-corrected chi connectivity index (χ1v) is 5.97. The molecule has 0 aliphatic carbocycles. The minimum Gasteiger partial charge on any atom is -0.480 e. The van der Waals surface area contributed by atoms with Gasteiger partial charge in [-0.1, -0.05) is 0 Å². The molecule has 0 aromatic heterocycles. The summed E-state index contributed by atoms with van der Waals surface area (Å²) in [7, 11) is 0. The Hall–Kier alpha value is -1.74. The van der Waals surface area contributed by atoms with Gasteiger partial charge in [0.25, 0.3) is 0 Å². The first-order chi connectivity index (χ1) is 8.60. The fraction of sp³-hybridized carbons (Fsp3) is 0.667. The summed E-state index contributed by atoms with van der Waals surface area (Å²) in [4.78, 5) is 24.4. The van der Waals surface area contributed by atoms with E-state index in [0.717, 1.165) is 12.8 Å². The molecule has 0 saturated carbocycles. The topological polar surface area (TPSA) is 78.9 Å². The van der Waals surface area contributed by atoms with Gasteiger partial charge in [-0.05, 0) is 12.8 Å². The number of rotatable bonds is 3. The number of carbonyl (C=O) groups excluding carboxylic acids is 1. The summed E-state index contributed by atoms with van der Waals surface area (Å²) in [6.07, 6.45) is 7.16. The molecule has 3 unspecified atom stereocenters. The molecule has 2 aliphatic heterocycles. The van der Waals surface area contributed by atoms with E-state index in [1.807, 2.05) is 0 Å². The predicted octanol–water partition coefficient (Wildman–Crippen LogP) is 0.0357. The van der Waals surface area contributed by atoms with E-state index in [1.54, 1.807) is 4.90 Å². The molecule has 6 nitrogen and oxygen atoms in total. The van der Waals surface area contributed by atoms with Gasteiger partial charge in [0.2, 0.25) is 0 Å². The Morgan fingerprint density at radius 3 is 2.56 bits per heavy atom. The van der Waals surface area contributed by atoms with Crippen molar-refractivity contribution in [3.63, 3.8) is 0 Å². The van der Waals surface area contributed by atoms with E-state index in [1.165, 1.54) is 0 Å². The van der Waals surface area contributed by atoms with E-state index < -0.39 is 12.0 Å². The maximum Gasteiger partial charge on any atom is 0.327 e. The van der Waals surface area contributed by atoms with Gasteiger partial charge in [-0.3, -0.25) is 0 Å². The molecule has 2 heterocycles. The van der Waals surface area contributed by atoms with Crippen molar-refractivity contribution in [2.24, 2.45) is 0 Å². The third-order valence-electron chi connectivity index (χ3n) is 3.25. The number of urea groups is 1. The number of carbonyl (C=O) groups is 2. The standard InChI is InChI=1S/C12H16N2O4/c1-2-3-10(11(15)16)13-12(17)14-6-8-4-5-9(7-14)18-8/h1,8-10H,3-7H2,(H,13,17)(H,15,16). The Labute approximate surface area is 105 Å². The number of likely N-dealkylation sites (tertiary alicyclic amines) is 1. The number of fused-ring (bicyclic) bond motifs is 2. The van der Waals surface area contributed by atoms with Crippen LogP contribution in [-0.2, 0) is 9.53 Å². The first kappa shape index (κ1) is 12.7. The summed E-state index contributed by atoms with van der Waals surface area (Å²) >= 11 is 0. The van der Waals surface area contributed by atoms with Crippen LogP contribution in [0.5, 0.6) is 0 Å². The number of carboxylic acid groups (broad SMARTS) is 1. The van der Waals surface area contributed by atoms with Crippen molar-refractivity contribution in [2.75, 3.05) is 13.1 Å². The first-order valence-electron chi connectivity index (χ1n) is 5.97. The number of terminal acetylenes is 1. The Balaban J connectivity index is 1.91. The van der Waals surface area contributed by atoms with Crippen LogP contribution in [0.4, 0.5) is 4.79 Å². The lowest BCUT2D eigenvalue weighted by atomic mass is 10.2. The Kier molecular flexibility index (Phi) is 3.72. The molecule has 2 N–H and O–H groups in total. The highest BCUT2D eigenvalue weighted by atomic mass is 16.5. The van der Waals surface area contributed by atoms with Gasteiger partial charge in [0.1, 0.15) is 6.04 Å². The number of nitrogens with one attached hydrogen (secondary N) is 1. The fourth-order valence-corrected chi connectivity index (χ4v) is 2.34. The average Bonchev–Trinajstić information content (AvgIpc) is 2.67. The van der Waals surface area contributed by atoms with Crippen molar-refractivity contribution in [1.82, 2.24) is 10.2 Å². The lowest BCUT2D eigenvalue weighted by Gasteiger charge is -2.32. The molecule has 98 valence electrons. The maximum absolute atomic E-state index is 11.9. The van der Waals surface area contributed by atoms with E-state index in [9.17, 15) is 9.59 Å². The number of amides is 2. The normalized spacial score (nSPS) is 27.4. The Morgan fingerprint density at radius 1 is 1.44 bits per heavy atom. The zero-order valence-corrected chi connectivity index (χ0v) is 9.96. The van der Waals surface area contributed by atoms with Gasteiger partial charge in [0.05, 0.1) is 12.2 Å². The van der Waals surface area contributed by atoms with Crippen LogP contribution in [-0.4, -0.2) is 53.3 Å². The zero-order valence-electron chi connectivity index (χ0n) is 9.96. The second-order valence-corrected chi connectivity index (χ2v) is 4.61. The van der Waals surface area contributed by atoms with E-state index in [0.29, 0.717) is 13.1 Å². The molecule has 0 radical (unpaired) electrons. The van der Waals surface area contributed by atoms with Crippen LogP contribution in [0.2, 0.25) is 0 Å². The summed E-state index contributed by atoms with van der Waals surface area (Å²) in [6.45, 7) is 1.04. The van der Waals surface area contributed by atoms with Crippen molar-refractivity contribution >= 4 is 12.0 Å². The lowest BCUT2D eigenvalue weighted by Crippen LogP contribution is -2.53. The van der Waals surface area contributed by atoms with Gasteiger partial charge in [0.15, 0.2) is 0 Å². The van der Waals surface area contributed by atoms with Crippen molar-refractivity contribution in [2.45, 2.75) is 37.5 Å². The third kappa shape index (κ3) is 2.74. The number of carboxylic acids is 1. The molecule has 2 saturated heterocycles. The van der Waals surface area contributed by atoms with E-state index in [-0.39, 0.29) is 24.7 Å². The Bertz CT molecular complexity index is 378. The van der Waals surface area contributed by atoms with Crippen LogP contribution >= 0.6 is 0 Å². The van der Waals surface area contributed by atoms with Crippen LogP contribution in [0.3, 0.4) is 0 Å². The third-order valence-corrected chi connectivity index (χ3v) is 3.25. The summed E-state index contributed by atoms with van der Waals surface area (Å²) in [5.74, 6) is 1.14. The smallest absolute Gasteiger partial charge is 0.327 e. The molecule has 0 aromatic carbocycles. The minimum atomic E-state index is -1.11. The van der Waals surface area contributed by atoms with E-state index in [2.05, 4.69) is 11.2 Å². The molecule has 2 amide bonds. The molecule has 2 bridgehead atoms.